The molecule has 0 unspecified atom stereocenters. The fourth-order valence-electron chi connectivity index (χ4n) is 2.62. The van der Waals surface area contributed by atoms with Gasteiger partial charge in [0.25, 0.3) is 0 Å². The average Bonchev–Trinajstić information content (AvgIpc) is 2.89. The number of amides is 1. The molecular formula is C15H15F3N2O. The normalized spacial score (nSPS) is 17.3. The number of rotatable bonds is 2. The van der Waals surface area contributed by atoms with Crippen molar-refractivity contribution >= 4 is 11.6 Å². The molecule has 0 aromatic heterocycles. The van der Waals surface area contributed by atoms with E-state index in [1.807, 2.05) is 6.07 Å². The Bertz CT molecular complexity index is 596. The fraction of sp³-hybridized carbons (Fsp3) is 0.467. The van der Waals surface area contributed by atoms with Crippen LogP contribution in [0.2, 0.25) is 0 Å². The molecule has 3 nitrogen and oxygen atoms in total. The number of hydrogen-bond acceptors (Lipinski definition) is 2. The number of anilines is 1. The number of hydrogen-bond donors (Lipinski definition) is 1. The average molecular weight is 296 g/mol. The lowest BCUT2D eigenvalue weighted by atomic mass is 9.87. The maximum Gasteiger partial charge on any atom is 0.416 e. The first-order chi connectivity index (χ1) is 9.78. The van der Waals surface area contributed by atoms with E-state index in [4.69, 9.17) is 0 Å². The molecule has 1 aliphatic carbocycles. The minimum atomic E-state index is -4.47. The van der Waals surface area contributed by atoms with E-state index in [1.165, 1.54) is 19.1 Å². The molecule has 21 heavy (non-hydrogen) atoms. The van der Waals surface area contributed by atoms with Gasteiger partial charge in [-0.3, -0.25) is 4.79 Å². The van der Waals surface area contributed by atoms with Crippen molar-refractivity contribution < 1.29 is 18.0 Å². The summed E-state index contributed by atoms with van der Waals surface area (Å²) in [5.74, 6) is -0.514. The molecule has 1 N–H and O–H groups in total. The Morgan fingerprint density at radius 3 is 2.48 bits per heavy atom. The SMILES string of the molecule is Cc1ccc(NC(=O)C2(C#N)CCCC2)cc1C(F)(F)F. The second kappa shape index (κ2) is 5.40. The van der Waals surface area contributed by atoms with Gasteiger partial charge in [-0.25, -0.2) is 0 Å². The molecule has 2 rings (SSSR count). The third-order valence-corrected chi connectivity index (χ3v) is 3.91. The molecule has 0 atom stereocenters. The molecule has 0 bridgehead atoms. The van der Waals surface area contributed by atoms with Crippen molar-refractivity contribution in [2.24, 2.45) is 5.41 Å². The van der Waals surface area contributed by atoms with Crippen LogP contribution in [0.15, 0.2) is 18.2 Å². The first-order valence-corrected chi connectivity index (χ1v) is 6.69. The zero-order chi connectivity index (χ0) is 15.7. The molecule has 1 saturated carbocycles. The van der Waals surface area contributed by atoms with Gasteiger partial charge in [0.2, 0.25) is 5.91 Å². The lowest BCUT2D eigenvalue weighted by molar-refractivity contribution is -0.138. The van der Waals surface area contributed by atoms with Crippen LogP contribution in [0.4, 0.5) is 18.9 Å². The molecule has 1 amide bonds. The Labute approximate surface area is 120 Å². The zero-order valence-corrected chi connectivity index (χ0v) is 11.5. The van der Waals surface area contributed by atoms with Crippen LogP contribution in [0, 0.1) is 23.7 Å². The van der Waals surface area contributed by atoms with Crippen LogP contribution in [0.1, 0.15) is 36.8 Å². The maximum absolute atomic E-state index is 12.8. The summed E-state index contributed by atoms with van der Waals surface area (Å²) in [4.78, 5) is 12.2. The van der Waals surface area contributed by atoms with E-state index in [-0.39, 0.29) is 11.3 Å². The largest absolute Gasteiger partial charge is 0.416 e. The summed E-state index contributed by atoms with van der Waals surface area (Å²) in [6, 6.07) is 5.66. The van der Waals surface area contributed by atoms with E-state index >= 15 is 0 Å². The van der Waals surface area contributed by atoms with Crippen LogP contribution in [0.5, 0.6) is 0 Å². The van der Waals surface area contributed by atoms with Gasteiger partial charge >= 0.3 is 6.18 Å². The summed E-state index contributed by atoms with van der Waals surface area (Å²) in [5.41, 5.74) is -1.72. The van der Waals surface area contributed by atoms with Crippen LogP contribution in [-0.4, -0.2) is 5.91 Å². The van der Waals surface area contributed by atoms with Crippen molar-refractivity contribution in [1.82, 2.24) is 0 Å². The van der Waals surface area contributed by atoms with Crippen LogP contribution in [0.25, 0.3) is 0 Å². The molecule has 0 spiro atoms. The molecular weight excluding hydrogens is 281 g/mol. The molecule has 1 aliphatic rings. The number of halogens is 3. The van der Waals surface area contributed by atoms with Crippen molar-refractivity contribution in [3.63, 3.8) is 0 Å². The number of nitrogens with zero attached hydrogens (tertiary/aromatic N) is 1. The van der Waals surface area contributed by atoms with Gasteiger partial charge in [-0.1, -0.05) is 18.9 Å². The zero-order valence-electron chi connectivity index (χ0n) is 11.5. The van der Waals surface area contributed by atoms with Gasteiger partial charge in [0, 0.05) is 5.69 Å². The number of carbonyl (C=O) groups is 1. The quantitative estimate of drug-likeness (QED) is 0.895. The molecule has 1 aromatic rings. The molecule has 6 heteroatoms. The number of aryl methyl sites for hydroxylation is 1. The van der Waals surface area contributed by atoms with Gasteiger partial charge in [-0.2, -0.15) is 18.4 Å². The highest BCUT2D eigenvalue weighted by Crippen LogP contribution is 2.39. The minimum absolute atomic E-state index is 0.0689. The van der Waals surface area contributed by atoms with E-state index in [9.17, 15) is 23.2 Å². The second-order valence-corrected chi connectivity index (χ2v) is 5.38. The standard InChI is InChI=1S/C15H15F3N2O/c1-10-4-5-11(8-12(10)15(16,17)18)20-13(21)14(9-19)6-2-3-7-14/h4-5,8H,2-3,6-7H2,1H3,(H,20,21). The highest BCUT2D eigenvalue weighted by atomic mass is 19.4. The molecule has 112 valence electrons. The monoisotopic (exact) mass is 296 g/mol. The fourth-order valence-corrected chi connectivity index (χ4v) is 2.62. The van der Waals surface area contributed by atoms with Crippen LogP contribution >= 0.6 is 0 Å². The van der Waals surface area contributed by atoms with Crippen molar-refractivity contribution in [2.75, 3.05) is 5.32 Å². The van der Waals surface area contributed by atoms with Crippen molar-refractivity contribution in [3.05, 3.63) is 29.3 Å². The van der Waals surface area contributed by atoms with Crippen LogP contribution in [-0.2, 0) is 11.0 Å². The van der Waals surface area contributed by atoms with Gasteiger partial charge in [0.1, 0.15) is 5.41 Å². The summed E-state index contributed by atoms with van der Waals surface area (Å²) in [5, 5.41) is 11.7. The highest BCUT2D eigenvalue weighted by molar-refractivity contribution is 5.97. The Morgan fingerprint density at radius 1 is 1.33 bits per heavy atom. The number of nitriles is 1. The predicted molar refractivity (Wildman–Crippen MR) is 71.3 cm³/mol. The number of nitrogens with one attached hydrogen (secondary N) is 1. The third-order valence-electron chi connectivity index (χ3n) is 3.91. The van der Waals surface area contributed by atoms with Crippen molar-refractivity contribution in [3.8, 4) is 6.07 Å². The Balaban J connectivity index is 2.25. The number of benzene rings is 1. The Kier molecular flexibility index (Phi) is 3.95. The summed E-state index contributed by atoms with van der Waals surface area (Å²) >= 11 is 0. The summed E-state index contributed by atoms with van der Waals surface area (Å²) in [6.45, 7) is 1.36. The highest BCUT2D eigenvalue weighted by Gasteiger charge is 2.41. The van der Waals surface area contributed by atoms with Crippen molar-refractivity contribution in [2.45, 2.75) is 38.8 Å². The third kappa shape index (κ3) is 3.02. The predicted octanol–water partition coefficient (Wildman–Crippen LogP) is 4.04. The molecule has 0 aliphatic heterocycles. The summed E-state index contributed by atoms with van der Waals surface area (Å²) in [7, 11) is 0. The molecule has 0 heterocycles. The first kappa shape index (κ1) is 15.4. The lowest BCUT2D eigenvalue weighted by Crippen LogP contribution is -2.32. The van der Waals surface area contributed by atoms with E-state index in [0.717, 1.165) is 18.9 Å². The van der Waals surface area contributed by atoms with Gasteiger partial charge in [0.15, 0.2) is 0 Å². The first-order valence-electron chi connectivity index (χ1n) is 6.69. The second-order valence-electron chi connectivity index (χ2n) is 5.38. The summed E-state index contributed by atoms with van der Waals surface area (Å²) < 4.78 is 38.5. The Hall–Kier alpha value is -2.03. The lowest BCUT2D eigenvalue weighted by Gasteiger charge is -2.20. The van der Waals surface area contributed by atoms with E-state index < -0.39 is 23.1 Å². The van der Waals surface area contributed by atoms with Crippen LogP contribution < -0.4 is 5.32 Å². The topological polar surface area (TPSA) is 52.9 Å². The maximum atomic E-state index is 12.8. The van der Waals surface area contributed by atoms with Gasteiger partial charge in [0.05, 0.1) is 11.6 Å². The Morgan fingerprint density at radius 2 is 1.95 bits per heavy atom. The van der Waals surface area contributed by atoms with Crippen LogP contribution in [0.3, 0.4) is 0 Å². The van der Waals surface area contributed by atoms with E-state index in [1.54, 1.807) is 0 Å². The van der Waals surface area contributed by atoms with E-state index in [0.29, 0.717) is 12.8 Å². The minimum Gasteiger partial charge on any atom is -0.325 e. The summed E-state index contributed by atoms with van der Waals surface area (Å²) in [6.07, 6.45) is -2.00. The molecule has 0 saturated heterocycles. The molecule has 1 aromatic carbocycles. The number of carbonyl (C=O) groups excluding carboxylic acids is 1. The molecule has 0 radical (unpaired) electrons. The van der Waals surface area contributed by atoms with Crippen molar-refractivity contribution in [1.29, 1.82) is 5.26 Å². The molecule has 1 fully saturated rings. The number of alkyl halides is 3. The van der Waals surface area contributed by atoms with Gasteiger partial charge < -0.3 is 5.32 Å². The van der Waals surface area contributed by atoms with Gasteiger partial charge in [-0.15, -0.1) is 0 Å². The van der Waals surface area contributed by atoms with Gasteiger partial charge in [-0.05, 0) is 37.5 Å². The van der Waals surface area contributed by atoms with E-state index in [2.05, 4.69) is 5.32 Å². The smallest absolute Gasteiger partial charge is 0.325 e.